The Morgan fingerprint density at radius 3 is 2.88 bits per heavy atom. The number of rotatable bonds is 6. The Hall–Kier alpha value is -1.33. The Morgan fingerprint density at radius 2 is 2.24 bits per heavy atom. The fraction of sp³-hybridized carbons (Fsp3) is 0.417. The molecule has 0 saturated carbocycles. The van der Waals surface area contributed by atoms with Crippen LogP contribution in [0.3, 0.4) is 0 Å². The van der Waals surface area contributed by atoms with Crippen LogP contribution >= 0.6 is 11.3 Å². The van der Waals surface area contributed by atoms with Crippen molar-refractivity contribution in [1.29, 1.82) is 0 Å². The van der Waals surface area contributed by atoms with Crippen molar-refractivity contribution in [3.8, 4) is 0 Å². The first-order valence-corrected chi connectivity index (χ1v) is 6.60. The molecule has 0 bridgehead atoms. The summed E-state index contributed by atoms with van der Waals surface area (Å²) >= 11 is 1.78. The Balaban J connectivity index is 1.67. The van der Waals surface area contributed by atoms with Crippen LogP contribution in [-0.4, -0.2) is 22.2 Å². The van der Waals surface area contributed by atoms with Crippen molar-refractivity contribution >= 4 is 11.3 Å². The Morgan fingerprint density at radius 1 is 1.35 bits per heavy atom. The summed E-state index contributed by atoms with van der Waals surface area (Å²) in [7, 11) is 1.77. The number of thiophene rings is 1. The highest BCUT2D eigenvalue weighted by molar-refractivity contribution is 7.09. The van der Waals surface area contributed by atoms with Crippen molar-refractivity contribution in [2.45, 2.75) is 13.0 Å². The molecule has 0 spiro atoms. The maximum absolute atomic E-state index is 11.5. The van der Waals surface area contributed by atoms with E-state index in [4.69, 9.17) is 0 Å². The molecule has 0 aliphatic carbocycles. The lowest BCUT2D eigenvalue weighted by Gasteiger charge is -2.03. The molecule has 1 N–H and O–H groups in total. The van der Waals surface area contributed by atoms with E-state index in [9.17, 15) is 4.79 Å². The average molecular weight is 251 g/mol. The summed E-state index contributed by atoms with van der Waals surface area (Å²) in [5.41, 5.74) is 0.0463. The van der Waals surface area contributed by atoms with Crippen molar-refractivity contribution in [2.24, 2.45) is 7.05 Å². The molecule has 0 saturated heterocycles. The molecule has 0 aliphatic rings. The molecule has 92 valence electrons. The highest BCUT2D eigenvalue weighted by atomic mass is 32.1. The fourth-order valence-electron chi connectivity index (χ4n) is 1.67. The van der Waals surface area contributed by atoms with Gasteiger partial charge in [0, 0.05) is 44.0 Å². The second-order valence-electron chi connectivity index (χ2n) is 3.96. The number of nitrogens with zero attached hydrogens (tertiary/aromatic N) is 2. The zero-order valence-corrected chi connectivity index (χ0v) is 10.7. The van der Waals surface area contributed by atoms with Gasteiger partial charge in [0.2, 0.25) is 0 Å². The molecule has 2 heterocycles. The van der Waals surface area contributed by atoms with Crippen molar-refractivity contribution in [3.63, 3.8) is 0 Å². The van der Waals surface area contributed by atoms with Crippen LogP contribution in [0.25, 0.3) is 0 Å². The van der Waals surface area contributed by atoms with Gasteiger partial charge in [-0.05, 0) is 17.9 Å². The molecule has 0 radical (unpaired) electrons. The van der Waals surface area contributed by atoms with Crippen LogP contribution in [0.5, 0.6) is 0 Å². The third-order valence-electron chi connectivity index (χ3n) is 2.68. The Bertz CT molecular complexity index is 498. The number of nitrogens with one attached hydrogen (secondary N) is 1. The van der Waals surface area contributed by atoms with Gasteiger partial charge in [-0.1, -0.05) is 6.07 Å². The number of hydrogen-bond donors (Lipinski definition) is 1. The van der Waals surface area contributed by atoms with Crippen LogP contribution in [0.15, 0.2) is 34.7 Å². The maximum Gasteiger partial charge on any atom is 0.327 e. The number of aromatic nitrogens is 2. The molecule has 17 heavy (non-hydrogen) atoms. The van der Waals surface area contributed by atoms with E-state index in [-0.39, 0.29) is 5.69 Å². The highest BCUT2D eigenvalue weighted by Gasteiger charge is 1.98. The fourth-order valence-corrected chi connectivity index (χ4v) is 2.38. The summed E-state index contributed by atoms with van der Waals surface area (Å²) in [5.74, 6) is 0. The van der Waals surface area contributed by atoms with E-state index in [1.165, 1.54) is 4.88 Å². The maximum atomic E-state index is 11.5. The summed E-state index contributed by atoms with van der Waals surface area (Å²) in [6.07, 6.45) is 4.67. The van der Waals surface area contributed by atoms with Gasteiger partial charge in [-0.15, -0.1) is 11.3 Å². The van der Waals surface area contributed by atoms with Crippen LogP contribution in [0.4, 0.5) is 0 Å². The first-order chi connectivity index (χ1) is 8.27. The van der Waals surface area contributed by atoms with E-state index < -0.39 is 0 Å². The Labute approximate surface area is 105 Å². The summed E-state index contributed by atoms with van der Waals surface area (Å²) < 4.78 is 3.31. The predicted molar refractivity (Wildman–Crippen MR) is 70.6 cm³/mol. The van der Waals surface area contributed by atoms with Gasteiger partial charge in [-0.25, -0.2) is 4.79 Å². The summed E-state index contributed by atoms with van der Waals surface area (Å²) in [5, 5.41) is 5.44. The van der Waals surface area contributed by atoms with E-state index in [0.717, 1.165) is 26.1 Å². The number of imidazole rings is 1. The molecule has 0 aliphatic heterocycles. The van der Waals surface area contributed by atoms with Crippen LogP contribution in [0.1, 0.15) is 4.88 Å². The number of aryl methyl sites for hydroxylation is 1. The molecule has 0 amide bonds. The molecule has 2 rings (SSSR count). The largest absolute Gasteiger partial charge is 0.327 e. The van der Waals surface area contributed by atoms with Gasteiger partial charge < -0.3 is 9.88 Å². The zero-order valence-electron chi connectivity index (χ0n) is 9.93. The number of hydrogen-bond acceptors (Lipinski definition) is 3. The quantitative estimate of drug-likeness (QED) is 0.780. The summed E-state index contributed by atoms with van der Waals surface area (Å²) in [4.78, 5) is 12.9. The first kappa shape index (κ1) is 12.1. The molecular formula is C12H17N3OS. The molecule has 0 fully saturated rings. The molecule has 4 nitrogen and oxygen atoms in total. The van der Waals surface area contributed by atoms with Crippen molar-refractivity contribution in [3.05, 3.63) is 45.3 Å². The molecule has 2 aromatic rings. The minimum absolute atomic E-state index is 0.0463. The minimum atomic E-state index is 0.0463. The average Bonchev–Trinajstić information content (AvgIpc) is 2.93. The van der Waals surface area contributed by atoms with Crippen LogP contribution in [0.2, 0.25) is 0 Å². The van der Waals surface area contributed by atoms with Crippen LogP contribution in [0, 0.1) is 0 Å². The van der Waals surface area contributed by atoms with E-state index in [1.807, 2.05) is 6.20 Å². The van der Waals surface area contributed by atoms with Crippen LogP contribution < -0.4 is 11.0 Å². The lowest BCUT2D eigenvalue weighted by atomic mass is 10.3. The molecule has 0 unspecified atom stereocenters. The Kier molecular flexibility index (Phi) is 4.17. The normalized spacial score (nSPS) is 10.9. The second-order valence-corrected chi connectivity index (χ2v) is 5.00. The second kappa shape index (κ2) is 5.84. The standard InChI is InChI=1S/C12H17N3OS/c1-14-8-9-15(12(14)16)7-6-13-5-4-11-3-2-10-17-11/h2-3,8-10,13H,4-7H2,1H3. The van der Waals surface area contributed by atoms with E-state index in [1.54, 1.807) is 33.7 Å². The minimum Gasteiger partial charge on any atom is -0.315 e. The van der Waals surface area contributed by atoms with Gasteiger partial charge >= 0.3 is 5.69 Å². The van der Waals surface area contributed by atoms with Crippen molar-refractivity contribution < 1.29 is 0 Å². The van der Waals surface area contributed by atoms with Gasteiger partial charge in [-0.2, -0.15) is 0 Å². The van der Waals surface area contributed by atoms with E-state index >= 15 is 0 Å². The van der Waals surface area contributed by atoms with Gasteiger partial charge in [0.05, 0.1) is 0 Å². The third-order valence-corrected chi connectivity index (χ3v) is 3.61. The van der Waals surface area contributed by atoms with Gasteiger partial charge in [0.15, 0.2) is 0 Å². The van der Waals surface area contributed by atoms with Crippen molar-refractivity contribution in [2.75, 3.05) is 13.1 Å². The summed E-state index contributed by atoms with van der Waals surface area (Å²) in [6, 6.07) is 4.22. The third kappa shape index (κ3) is 3.31. The monoisotopic (exact) mass is 251 g/mol. The SMILES string of the molecule is Cn1ccn(CCNCCc2cccs2)c1=O. The summed E-state index contributed by atoms with van der Waals surface area (Å²) in [6.45, 7) is 2.52. The van der Waals surface area contributed by atoms with Gasteiger partial charge in [0.25, 0.3) is 0 Å². The van der Waals surface area contributed by atoms with E-state index in [2.05, 4.69) is 22.8 Å². The predicted octanol–water partition coefficient (Wildman–Crippen LogP) is 1.08. The highest BCUT2D eigenvalue weighted by Crippen LogP contribution is 2.07. The molecule has 5 heteroatoms. The first-order valence-electron chi connectivity index (χ1n) is 5.72. The molecule has 0 atom stereocenters. The van der Waals surface area contributed by atoms with E-state index in [0.29, 0.717) is 0 Å². The lowest BCUT2D eigenvalue weighted by molar-refractivity contribution is 0.580. The molecular weight excluding hydrogens is 234 g/mol. The zero-order chi connectivity index (χ0) is 12.1. The van der Waals surface area contributed by atoms with Gasteiger partial charge in [-0.3, -0.25) is 4.57 Å². The lowest BCUT2D eigenvalue weighted by Crippen LogP contribution is -2.28. The topological polar surface area (TPSA) is 39.0 Å². The molecule has 2 aromatic heterocycles. The van der Waals surface area contributed by atoms with Crippen molar-refractivity contribution in [1.82, 2.24) is 14.5 Å². The van der Waals surface area contributed by atoms with Gasteiger partial charge in [0.1, 0.15) is 0 Å². The molecule has 0 aromatic carbocycles. The smallest absolute Gasteiger partial charge is 0.315 e. The van der Waals surface area contributed by atoms with Crippen LogP contribution in [-0.2, 0) is 20.0 Å².